The Morgan fingerprint density at radius 3 is 1.96 bits per heavy atom. The van der Waals surface area contributed by atoms with E-state index in [4.69, 9.17) is 5.14 Å². The van der Waals surface area contributed by atoms with Gasteiger partial charge >= 0.3 is 6.18 Å². The van der Waals surface area contributed by atoms with Crippen molar-refractivity contribution in [3.8, 4) is 11.3 Å². The summed E-state index contributed by atoms with van der Waals surface area (Å²) in [6.07, 6.45) is -4.20. The van der Waals surface area contributed by atoms with Crippen molar-refractivity contribution < 1.29 is 30.0 Å². The number of rotatable bonds is 3. The van der Waals surface area contributed by atoms with Crippen LogP contribution in [0.3, 0.4) is 0 Å². The van der Waals surface area contributed by atoms with Gasteiger partial charge in [0.05, 0.1) is 10.6 Å². The number of sulfonamides is 1. The highest BCUT2D eigenvalue weighted by Gasteiger charge is 2.34. The fourth-order valence-electron chi connectivity index (χ4n) is 1.70. The highest BCUT2D eigenvalue weighted by molar-refractivity contribution is 7.90. The van der Waals surface area contributed by atoms with Crippen LogP contribution in [0, 0.1) is 0 Å². The number of aromatic nitrogens is 2. The van der Waals surface area contributed by atoms with Gasteiger partial charge in [-0.2, -0.15) is 13.2 Å². The third-order valence-electron chi connectivity index (χ3n) is 2.81. The van der Waals surface area contributed by atoms with Gasteiger partial charge in [-0.25, -0.2) is 31.9 Å². The molecule has 2 rings (SSSR count). The van der Waals surface area contributed by atoms with E-state index in [9.17, 15) is 30.0 Å². The number of nitrogens with two attached hydrogens (primary N) is 1. The quantitative estimate of drug-likeness (QED) is 0.798. The number of alkyl halides is 3. The zero-order chi connectivity index (χ0) is 18.3. The molecule has 0 atom stereocenters. The summed E-state index contributed by atoms with van der Waals surface area (Å²) in [6, 6.07) is 5.03. The summed E-state index contributed by atoms with van der Waals surface area (Å²) in [4.78, 5) is 6.37. The SMILES string of the molecule is CS(=O)(=O)c1nc(-c2ccc(S(N)(=O)=O)cc2)cc(C(F)(F)F)n1. The van der Waals surface area contributed by atoms with E-state index in [1.54, 1.807) is 0 Å². The van der Waals surface area contributed by atoms with Gasteiger partial charge in [0.2, 0.25) is 25.0 Å². The minimum absolute atomic E-state index is 0.0696. The van der Waals surface area contributed by atoms with Crippen molar-refractivity contribution >= 4 is 19.9 Å². The van der Waals surface area contributed by atoms with Crippen LogP contribution in [0.2, 0.25) is 0 Å². The van der Waals surface area contributed by atoms with Crippen molar-refractivity contribution in [2.24, 2.45) is 5.14 Å². The maximum Gasteiger partial charge on any atom is 0.433 e. The van der Waals surface area contributed by atoms with Crippen LogP contribution in [0.25, 0.3) is 11.3 Å². The molecule has 0 unspecified atom stereocenters. The van der Waals surface area contributed by atoms with Crippen LogP contribution in [0.5, 0.6) is 0 Å². The molecule has 0 spiro atoms. The van der Waals surface area contributed by atoms with Gasteiger partial charge in [-0.1, -0.05) is 12.1 Å². The average Bonchev–Trinajstić information content (AvgIpc) is 2.44. The molecule has 130 valence electrons. The number of hydrogen-bond acceptors (Lipinski definition) is 6. The molecule has 1 heterocycles. The van der Waals surface area contributed by atoms with E-state index in [1.807, 2.05) is 0 Å². The minimum atomic E-state index is -4.88. The van der Waals surface area contributed by atoms with Gasteiger partial charge in [0.1, 0.15) is 5.69 Å². The molecule has 0 fully saturated rings. The average molecular weight is 381 g/mol. The summed E-state index contributed by atoms with van der Waals surface area (Å²) in [7, 11) is -8.06. The molecule has 2 aromatic rings. The molecule has 0 radical (unpaired) electrons. The van der Waals surface area contributed by atoms with E-state index in [2.05, 4.69) is 9.97 Å². The molecule has 0 amide bonds. The minimum Gasteiger partial charge on any atom is -0.225 e. The lowest BCUT2D eigenvalue weighted by molar-refractivity contribution is -0.141. The fourth-order valence-corrected chi connectivity index (χ4v) is 2.74. The van der Waals surface area contributed by atoms with Gasteiger partial charge in [0.15, 0.2) is 0 Å². The van der Waals surface area contributed by atoms with Crippen molar-refractivity contribution in [1.29, 1.82) is 0 Å². The number of halogens is 3. The molecule has 0 saturated heterocycles. The maximum absolute atomic E-state index is 12.9. The van der Waals surface area contributed by atoms with Gasteiger partial charge in [0.25, 0.3) is 0 Å². The third-order valence-corrected chi connectivity index (χ3v) is 4.58. The normalized spacial score (nSPS) is 13.0. The number of primary sulfonamides is 1. The second-order valence-corrected chi connectivity index (χ2v) is 8.23. The molecule has 2 N–H and O–H groups in total. The first-order chi connectivity index (χ1) is 10.8. The summed E-state index contributed by atoms with van der Waals surface area (Å²) in [5, 5.41) is 3.94. The van der Waals surface area contributed by atoms with E-state index in [0.29, 0.717) is 12.3 Å². The molecule has 7 nitrogen and oxygen atoms in total. The number of nitrogens with zero attached hydrogens (tertiary/aromatic N) is 2. The topological polar surface area (TPSA) is 120 Å². The molecular weight excluding hydrogens is 371 g/mol. The summed E-state index contributed by atoms with van der Waals surface area (Å²) < 4.78 is 84.0. The van der Waals surface area contributed by atoms with Crippen LogP contribution < -0.4 is 5.14 Å². The number of benzene rings is 1. The monoisotopic (exact) mass is 381 g/mol. The Hall–Kier alpha value is -2.05. The Labute approximate surface area is 135 Å². The zero-order valence-electron chi connectivity index (χ0n) is 11.9. The molecule has 0 aliphatic carbocycles. The first-order valence-corrected chi connectivity index (χ1v) is 9.52. The van der Waals surface area contributed by atoms with E-state index >= 15 is 0 Å². The Balaban J connectivity index is 2.66. The van der Waals surface area contributed by atoms with Gasteiger partial charge < -0.3 is 0 Å². The van der Waals surface area contributed by atoms with Crippen LogP contribution in [0.1, 0.15) is 5.69 Å². The number of sulfone groups is 1. The van der Waals surface area contributed by atoms with Crippen LogP contribution >= 0.6 is 0 Å². The predicted octanol–water partition coefficient (Wildman–Crippen LogP) is 1.21. The van der Waals surface area contributed by atoms with E-state index < -0.39 is 36.9 Å². The first kappa shape index (κ1) is 18.3. The van der Waals surface area contributed by atoms with Crippen LogP contribution in [-0.4, -0.2) is 33.1 Å². The van der Waals surface area contributed by atoms with Gasteiger partial charge in [0, 0.05) is 11.8 Å². The lowest BCUT2D eigenvalue weighted by atomic mass is 10.1. The van der Waals surface area contributed by atoms with Crippen molar-refractivity contribution in [3.05, 3.63) is 36.0 Å². The number of hydrogen-bond donors (Lipinski definition) is 1. The predicted molar refractivity (Wildman–Crippen MR) is 77.0 cm³/mol. The van der Waals surface area contributed by atoms with Crippen LogP contribution in [-0.2, 0) is 26.0 Å². The summed E-state index contributed by atoms with van der Waals surface area (Å²) >= 11 is 0. The van der Waals surface area contributed by atoms with Gasteiger partial charge in [-0.15, -0.1) is 0 Å². The highest BCUT2D eigenvalue weighted by Crippen LogP contribution is 2.31. The molecule has 1 aromatic heterocycles. The van der Waals surface area contributed by atoms with E-state index in [1.165, 1.54) is 0 Å². The standard InChI is InChI=1S/C12H10F3N3O4S2/c1-23(19,20)11-17-9(6-10(18-11)12(13,14)15)7-2-4-8(5-3-7)24(16,21)22/h2-6H,1H3,(H2,16,21,22). The molecule has 24 heavy (non-hydrogen) atoms. The molecule has 0 aliphatic rings. The van der Waals surface area contributed by atoms with Crippen LogP contribution in [0.15, 0.2) is 40.4 Å². The molecular formula is C12H10F3N3O4S2. The van der Waals surface area contributed by atoms with Crippen molar-refractivity contribution in [3.63, 3.8) is 0 Å². The second-order valence-electron chi connectivity index (χ2n) is 4.76. The Morgan fingerprint density at radius 1 is 1.00 bits per heavy atom. The zero-order valence-corrected chi connectivity index (χ0v) is 13.6. The molecule has 12 heteroatoms. The molecule has 0 bridgehead atoms. The molecule has 0 saturated carbocycles. The summed E-state index contributed by atoms with van der Waals surface area (Å²) in [5.74, 6) is 0. The third kappa shape index (κ3) is 4.07. The first-order valence-electron chi connectivity index (χ1n) is 6.08. The van der Waals surface area contributed by atoms with Crippen LogP contribution in [0.4, 0.5) is 13.2 Å². The Kier molecular flexibility index (Phi) is 4.41. The largest absolute Gasteiger partial charge is 0.433 e. The lowest BCUT2D eigenvalue weighted by Crippen LogP contribution is -2.14. The highest BCUT2D eigenvalue weighted by atomic mass is 32.2. The van der Waals surface area contributed by atoms with Crippen molar-refractivity contribution in [2.75, 3.05) is 6.26 Å². The maximum atomic E-state index is 12.9. The van der Waals surface area contributed by atoms with Crippen molar-refractivity contribution in [1.82, 2.24) is 9.97 Å². The van der Waals surface area contributed by atoms with E-state index in [-0.39, 0.29) is 16.2 Å². The Morgan fingerprint density at radius 2 is 1.54 bits per heavy atom. The van der Waals surface area contributed by atoms with Gasteiger partial charge in [-0.3, -0.25) is 0 Å². The second kappa shape index (κ2) is 5.79. The lowest BCUT2D eigenvalue weighted by Gasteiger charge is -2.10. The smallest absolute Gasteiger partial charge is 0.225 e. The molecule has 0 aliphatic heterocycles. The summed E-state index contributed by atoms with van der Waals surface area (Å²) in [5.41, 5.74) is -1.68. The van der Waals surface area contributed by atoms with E-state index in [0.717, 1.165) is 24.3 Å². The van der Waals surface area contributed by atoms with Gasteiger partial charge in [-0.05, 0) is 18.2 Å². The fraction of sp³-hybridized carbons (Fsp3) is 0.167. The Bertz CT molecular complexity index is 985. The summed E-state index contributed by atoms with van der Waals surface area (Å²) in [6.45, 7) is 0. The van der Waals surface area contributed by atoms with Crippen molar-refractivity contribution in [2.45, 2.75) is 16.2 Å². The molecule has 1 aromatic carbocycles.